The summed E-state index contributed by atoms with van der Waals surface area (Å²) in [5, 5.41) is 2.67. The molecule has 0 saturated carbocycles. The van der Waals surface area contributed by atoms with Gasteiger partial charge in [0.15, 0.2) is 6.61 Å². The molecular formula is C21H26N2O5S. The maximum atomic E-state index is 12.4. The number of amides is 1. The van der Waals surface area contributed by atoms with Crippen LogP contribution in [0.4, 0.5) is 0 Å². The molecule has 29 heavy (non-hydrogen) atoms. The van der Waals surface area contributed by atoms with Gasteiger partial charge in [-0.3, -0.25) is 9.59 Å². The minimum absolute atomic E-state index is 0.107. The van der Waals surface area contributed by atoms with Gasteiger partial charge < -0.3 is 10.1 Å². The van der Waals surface area contributed by atoms with Crippen LogP contribution in [0.3, 0.4) is 0 Å². The van der Waals surface area contributed by atoms with Gasteiger partial charge in [-0.05, 0) is 43.0 Å². The van der Waals surface area contributed by atoms with Crippen molar-refractivity contribution in [1.29, 1.82) is 0 Å². The van der Waals surface area contributed by atoms with E-state index < -0.39 is 28.5 Å². The Morgan fingerprint density at radius 3 is 2.45 bits per heavy atom. The Hall–Kier alpha value is -2.71. The van der Waals surface area contributed by atoms with E-state index in [0.717, 1.165) is 11.1 Å². The topological polar surface area (TPSA) is 102 Å². The smallest absolute Gasteiger partial charge is 0.307 e. The zero-order chi connectivity index (χ0) is 21.3. The second-order valence-electron chi connectivity index (χ2n) is 6.66. The van der Waals surface area contributed by atoms with Gasteiger partial charge in [0.05, 0.1) is 11.3 Å². The third-order valence-corrected chi connectivity index (χ3v) is 5.80. The number of aryl methyl sites for hydroxylation is 2. The van der Waals surface area contributed by atoms with E-state index >= 15 is 0 Å². The van der Waals surface area contributed by atoms with E-state index in [1.807, 2.05) is 36.4 Å². The number of sulfonamides is 1. The summed E-state index contributed by atoms with van der Waals surface area (Å²) in [6, 6.07) is 14.8. The highest BCUT2D eigenvalue weighted by Gasteiger charge is 2.17. The molecule has 8 heteroatoms. The van der Waals surface area contributed by atoms with Crippen LogP contribution in [0.2, 0.25) is 0 Å². The summed E-state index contributed by atoms with van der Waals surface area (Å²) in [7, 11) is -3.72. The highest BCUT2D eigenvalue weighted by molar-refractivity contribution is 7.89. The average molecular weight is 419 g/mol. The molecule has 0 aliphatic carbocycles. The molecule has 7 nitrogen and oxygen atoms in total. The maximum absolute atomic E-state index is 12.4. The Bertz CT molecular complexity index is 943. The van der Waals surface area contributed by atoms with Gasteiger partial charge in [0, 0.05) is 13.1 Å². The fourth-order valence-electron chi connectivity index (χ4n) is 2.62. The van der Waals surface area contributed by atoms with Crippen molar-refractivity contribution in [1.82, 2.24) is 10.0 Å². The number of nitrogens with one attached hydrogen (secondary N) is 2. The lowest BCUT2D eigenvalue weighted by Gasteiger charge is -2.10. The minimum atomic E-state index is -3.72. The van der Waals surface area contributed by atoms with Gasteiger partial charge in [-0.1, -0.05) is 42.5 Å². The Kier molecular flexibility index (Phi) is 8.35. The summed E-state index contributed by atoms with van der Waals surface area (Å²) in [6.07, 6.45) is 0.516. The van der Waals surface area contributed by atoms with E-state index in [1.54, 1.807) is 26.0 Å². The molecule has 0 heterocycles. The number of carbonyl (C=O) groups is 2. The summed E-state index contributed by atoms with van der Waals surface area (Å²) >= 11 is 0. The molecule has 0 aliphatic rings. The summed E-state index contributed by atoms with van der Waals surface area (Å²) in [5.74, 6) is -1.04. The van der Waals surface area contributed by atoms with Gasteiger partial charge in [0.2, 0.25) is 10.0 Å². The predicted molar refractivity (Wildman–Crippen MR) is 110 cm³/mol. The van der Waals surface area contributed by atoms with Crippen molar-refractivity contribution in [2.24, 2.45) is 0 Å². The SMILES string of the molecule is Cc1ccc(C)c(S(=O)(=O)NCCC(=O)OCC(=O)NCCc2ccccc2)c1. The number of esters is 1. The van der Waals surface area contributed by atoms with Crippen molar-refractivity contribution in [3.05, 3.63) is 65.2 Å². The number of ether oxygens (including phenoxy) is 1. The normalized spacial score (nSPS) is 11.1. The second-order valence-corrected chi connectivity index (χ2v) is 8.40. The summed E-state index contributed by atoms with van der Waals surface area (Å²) in [5.41, 5.74) is 2.55. The zero-order valence-corrected chi connectivity index (χ0v) is 17.4. The third kappa shape index (κ3) is 7.67. The van der Waals surface area contributed by atoms with Crippen LogP contribution in [0.25, 0.3) is 0 Å². The molecule has 0 fully saturated rings. The van der Waals surface area contributed by atoms with Crippen LogP contribution in [-0.2, 0) is 30.8 Å². The minimum Gasteiger partial charge on any atom is -0.456 e. The van der Waals surface area contributed by atoms with Gasteiger partial charge in [-0.15, -0.1) is 0 Å². The molecule has 0 bridgehead atoms. The summed E-state index contributed by atoms with van der Waals surface area (Å²) in [4.78, 5) is 23.7. The molecule has 2 N–H and O–H groups in total. The van der Waals surface area contributed by atoms with E-state index in [0.29, 0.717) is 18.5 Å². The third-order valence-electron chi connectivity index (χ3n) is 4.20. The summed E-state index contributed by atoms with van der Waals surface area (Å²) < 4.78 is 32.0. The largest absolute Gasteiger partial charge is 0.456 e. The summed E-state index contributed by atoms with van der Waals surface area (Å²) in [6.45, 7) is 3.46. The fourth-order valence-corrected chi connectivity index (χ4v) is 3.98. The lowest BCUT2D eigenvalue weighted by atomic mass is 10.1. The van der Waals surface area contributed by atoms with Crippen LogP contribution in [0.5, 0.6) is 0 Å². The van der Waals surface area contributed by atoms with Crippen LogP contribution in [-0.4, -0.2) is 40.0 Å². The number of carbonyl (C=O) groups excluding carboxylic acids is 2. The van der Waals surface area contributed by atoms with Crippen molar-refractivity contribution >= 4 is 21.9 Å². The lowest BCUT2D eigenvalue weighted by molar-refractivity contribution is -0.148. The first-order valence-corrected chi connectivity index (χ1v) is 10.8. The highest BCUT2D eigenvalue weighted by atomic mass is 32.2. The first-order valence-electron chi connectivity index (χ1n) is 9.31. The van der Waals surface area contributed by atoms with Gasteiger partial charge in [-0.25, -0.2) is 13.1 Å². The number of benzene rings is 2. The van der Waals surface area contributed by atoms with Crippen LogP contribution < -0.4 is 10.0 Å². The standard InChI is InChI=1S/C21H26N2O5S/c1-16-8-9-17(2)19(14-16)29(26,27)23-13-11-21(25)28-15-20(24)22-12-10-18-6-4-3-5-7-18/h3-9,14,23H,10-13,15H2,1-2H3,(H,22,24). The molecular weight excluding hydrogens is 392 g/mol. The Morgan fingerprint density at radius 2 is 1.72 bits per heavy atom. The molecule has 0 aromatic heterocycles. The molecule has 2 aromatic carbocycles. The fraction of sp³-hybridized carbons (Fsp3) is 0.333. The van der Waals surface area contributed by atoms with E-state index in [4.69, 9.17) is 4.74 Å². The predicted octanol–water partition coefficient (Wildman–Crippen LogP) is 1.87. The lowest BCUT2D eigenvalue weighted by Crippen LogP contribution is -2.31. The van der Waals surface area contributed by atoms with Crippen LogP contribution in [0.1, 0.15) is 23.1 Å². The number of hydrogen-bond acceptors (Lipinski definition) is 5. The molecule has 2 rings (SSSR count). The molecule has 0 unspecified atom stereocenters. The molecule has 0 aliphatic heterocycles. The quantitative estimate of drug-likeness (QED) is 0.574. The van der Waals surface area contributed by atoms with Gasteiger partial charge in [-0.2, -0.15) is 0 Å². The molecule has 0 radical (unpaired) electrons. The zero-order valence-electron chi connectivity index (χ0n) is 16.6. The number of rotatable bonds is 10. The van der Waals surface area contributed by atoms with E-state index in [1.165, 1.54) is 0 Å². The van der Waals surface area contributed by atoms with Crippen molar-refractivity contribution < 1.29 is 22.7 Å². The van der Waals surface area contributed by atoms with Crippen molar-refractivity contribution in [2.45, 2.75) is 31.6 Å². The van der Waals surface area contributed by atoms with E-state index in [9.17, 15) is 18.0 Å². The maximum Gasteiger partial charge on any atom is 0.307 e. The molecule has 156 valence electrons. The van der Waals surface area contributed by atoms with Crippen molar-refractivity contribution in [2.75, 3.05) is 19.7 Å². The molecule has 0 saturated heterocycles. The van der Waals surface area contributed by atoms with Crippen LogP contribution in [0, 0.1) is 13.8 Å². The highest BCUT2D eigenvalue weighted by Crippen LogP contribution is 2.16. The molecule has 0 atom stereocenters. The van der Waals surface area contributed by atoms with Crippen molar-refractivity contribution in [3.63, 3.8) is 0 Å². The van der Waals surface area contributed by atoms with E-state index in [2.05, 4.69) is 10.0 Å². The Labute approximate surface area is 171 Å². The van der Waals surface area contributed by atoms with Crippen LogP contribution in [0.15, 0.2) is 53.4 Å². The van der Waals surface area contributed by atoms with Crippen molar-refractivity contribution in [3.8, 4) is 0 Å². The molecule has 2 aromatic rings. The second kappa shape index (κ2) is 10.7. The molecule has 0 spiro atoms. The van der Waals surface area contributed by atoms with Gasteiger partial charge >= 0.3 is 5.97 Å². The number of hydrogen-bond donors (Lipinski definition) is 2. The van der Waals surface area contributed by atoms with Crippen LogP contribution >= 0.6 is 0 Å². The monoisotopic (exact) mass is 418 g/mol. The van der Waals surface area contributed by atoms with Gasteiger partial charge in [0.1, 0.15) is 0 Å². The molecule has 1 amide bonds. The van der Waals surface area contributed by atoms with E-state index in [-0.39, 0.29) is 17.9 Å². The van der Waals surface area contributed by atoms with Gasteiger partial charge in [0.25, 0.3) is 5.91 Å². The Balaban J connectivity index is 1.67. The first kappa shape index (κ1) is 22.6. The first-order chi connectivity index (χ1) is 13.8. The average Bonchev–Trinajstić information content (AvgIpc) is 2.69. The Morgan fingerprint density at radius 1 is 1.00 bits per heavy atom.